The minimum atomic E-state index is 0.511. The average molecular weight is 275 g/mol. The maximum Gasteiger partial charge on any atom is 0.0424 e. The van der Waals surface area contributed by atoms with Crippen LogP contribution >= 0.6 is 11.3 Å². The van der Waals surface area contributed by atoms with Gasteiger partial charge in [0.05, 0.1) is 0 Å². The molecule has 1 N–H and O–H groups in total. The van der Waals surface area contributed by atoms with Crippen molar-refractivity contribution in [3.05, 3.63) is 21.4 Å². The largest absolute Gasteiger partial charge is 0.309 e. The molecule has 104 valence electrons. The van der Waals surface area contributed by atoms with Gasteiger partial charge in [-0.05, 0) is 63.6 Å². The van der Waals surface area contributed by atoms with E-state index in [0.717, 1.165) is 19.4 Å². The molecule has 2 heteroatoms. The first kappa shape index (κ1) is 14.6. The second-order valence-corrected chi connectivity index (χ2v) is 6.44. The fraction of sp³-hybridized carbons (Fsp3) is 0.647. The number of nitrogens with one attached hydrogen (secondary N) is 1. The highest BCUT2D eigenvalue weighted by molar-refractivity contribution is 7.12. The fourth-order valence-electron chi connectivity index (χ4n) is 2.69. The van der Waals surface area contributed by atoms with Crippen LogP contribution in [0.2, 0.25) is 0 Å². The van der Waals surface area contributed by atoms with Crippen LogP contribution in [0.4, 0.5) is 0 Å². The molecular weight excluding hydrogens is 250 g/mol. The summed E-state index contributed by atoms with van der Waals surface area (Å²) in [6.45, 7) is 5.26. The normalized spacial score (nSPS) is 15.5. The summed E-state index contributed by atoms with van der Waals surface area (Å²) in [4.78, 5) is 3.18. The molecule has 0 spiro atoms. The second kappa shape index (κ2) is 7.72. The van der Waals surface area contributed by atoms with Crippen LogP contribution in [0.15, 0.2) is 6.07 Å². The second-order valence-electron chi connectivity index (χ2n) is 5.28. The summed E-state index contributed by atoms with van der Waals surface area (Å²) in [5, 5.41) is 3.70. The van der Waals surface area contributed by atoms with Crippen LogP contribution in [-0.2, 0) is 12.8 Å². The molecule has 1 aromatic heterocycles. The van der Waals surface area contributed by atoms with Gasteiger partial charge in [-0.3, -0.25) is 0 Å². The standard InChI is InChI=1S/C17H25NS/c1-3-5-6-10-15(18-12-4-2)17-13-14-9-7-8-11-16(14)19-17/h13,15,18H,4,6-12H2,1-2H3. The lowest BCUT2D eigenvalue weighted by atomic mass is 9.98. The van der Waals surface area contributed by atoms with Gasteiger partial charge in [0, 0.05) is 22.2 Å². The average Bonchev–Trinajstić information content (AvgIpc) is 2.86. The molecule has 1 aliphatic carbocycles. The fourth-order valence-corrected chi connectivity index (χ4v) is 4.06. The molecule has 1 aliphatic rings. The highest BCUT2D eigenvalue weighted by Gasteiger charge is 2.18. The van der Waals surface area contributed by atoms with Gasteiger partial charge in [0.1, 0.15) is 0 Å². The van der Waals surface area contributed by atoms with Gasteiger partial charge in [0.25, 0.3) is 0 Å². The lowest BCUT2D eigenvalue weighted by Crippen LogP contribution is -2.21. The molecule has 0 bridgehead atoms. The molecule has 1 unspecified atom stereocenters. The summed E-state index contributed by atoms with van der Waals surface area (Å²) in [5.74, 6) is 6.21. The summed E-state index contributed by atoms with van der Waals surface area (Å²) in [6, 6.07) is 2.97. The smallest absolute Gasteiger partial charge is 0.0424 e. The summed E-state index contributed by atoms with van der Waals surface area (Å²) in [5.41, 5.74) is 1.62. The summed E-state index contributed by atoms with van der Waals surface area (Å²) in [6.07, 6.45) is 8.68. The Hall–Kier alpha value is -0.780. The predicted molar refractivity (Wildman–Crippen MR) is 84.7 cm³/mol. The minimum absolute atomic E-state index is 0.511. The summed E-state index contributed by atoms with van der Waals surface area (Å²) >= 11 is 2.04. The van der Waals surface area contributed by atoms with E-state index in [1.165, 1.54) is 32.1 Å². The zero-order chi connectivity index (χ0) is 13.5. The molecule has 19 heavy (non-hydrogen) atoms. The van der Waals surface area contributed by atoms with Crippen LogP contribution < -0.4 is 5.32 Å². The molecule has 0 aliphatic heterocycles. The molecule has 2 rings (SSSR count). The van der Waals surface area contributed by atoms with Crippen LogP contribution in [0, 0.1) is 11.8 Å². The van der Waals surface area contributed by atoms with Crippen molar-refractivity contribution < 1.29 is 0 Å². The molecule has 1 nitrogen and oxygen atoms in total. The van der Waals surface area contributed by atoms with E-state index in [2.05, 4.69) is 30.1 Å². The van der Waals surface area contributed by atoms with Crippen molar-refractivity contribution in [2.75, 3.05) is 6.54 Å². The Labute approximate surface area is 121 Å². The monoisotopic (exact) mass is 275 g/mol. The number of aryl methyl sites for hydroxylation is 2. The van der Waals surface area contributed by atoms with E-state index < -0.39 is 0 Å². The summed E-state index contributed by atoms with van der Waals surface area (Å²) in [7, 11) is 0. The van der Waals surface area contributed by atoms with Crippen LogP contribution in [0.1, 0.15) is 67.3 Å². The third kappa shape index (κ3) is 4.09. The maximum atomic E-state index is 3.70. The number of hydrogen-bond donors (Lipinski definition) is 1. The number of fused-ring (bicyclic) bond motifs is 1. The van der Waals surface area contributed by atoms with Gasteiger partial charge < -0.3 is 5.32 Å². The lowest BCUT2D eigenvalue weighted by Gasteiger charge is -2.15. The van der Waals surface area contributed by atoms with Crippen molar-refractivity contribution in [1.29, 1.82) is 0 Å². The number of thiophene rings is 1. The first-order valence-electron chi connectivity index (χ1n) is 7.59. The number of rotatable bonds is 6. The Bertz CT molecular complexity index is 426. The Morgan fingerprint density at radius 2 is 2.21 bits per heavy atom. The number of hydrogen-bond acceptors (Lipinski definition) is 2. The van der Waals surface area contributed by atoms with E-state index in [4.69, 9.17) is 0 Å². The van der Waals surface area contributed by atoms with Crippen molar-refractivity contribution in [1.82, 2.24) is 5.32 Å². The van der Waals surface area contributed by atoms with Gasteiger partial charge >= 0.3 is 0 Å². The molecule has 0 saturated heterocycles. The third-order valence-electron chi connectivity index (χ3n) is 3.73. The van der Waals surface area contributed by atoms with Crippen LogP contribution in [0.25, 0.3) is 0 Å². The zero-order valence-corrected chi connectivity index (χ0v) is 13.0. The van der Waals surface area contributed by atoms with Crippen LogP contribution in [0.5, 0.6) is 0 Å². The topological polar surface area (TPSA) is 12.0 Å². The van der Waals surface area contributed by atoms with Crippen molar-refractivity contribution in [2.45, 2.75) is 64.8 Å². The Morgan fingerprint density at radius 3 is 2.95 bits per heavy atom. The Balaban J connectivity index is 2.06. The quantitative estimate of drug-likeness (QED) is 0.755. The van der Waals surface area contributed by atoms with Crippen molar-refractivity contribution in [3.8, 4) is 11.8 Å². The first-order chi connectivity index (χ1) is 9.35. The van der Waals surface area contributed by atoms with E-state index in [0.29, 0.717) is 6.04 Å². The highest BCUT2D eigenvalue weighted by Crippen LogP contribution is 2.34. The maximum absolute atomic E-state index is 3.70. The SMILES string of the molecule is CC#CCCC(NCCC)c1cc2c(s1)CCCC2. The van der Waals surface area contributed by atoms with E-state index in [1.807, 2.05) is 18.3 Å². The van der Waals surface area contributed by atoms with E-state index >= 15 is 0 Å². The highest BCUT2D eigenvalue weighted by atomic mass is 32.1. The van der Waals surface area contributed by atoms with Crippen molar-refractivity contribution >= 4 is 11.3 Å². The van der Waals surface area contributed by atoms with Crippen molar-refractivity contribution in [3.63, 3.8) is 0 Å². The molecule has 1 atom stereocenters. The molecule has 0 saturated carbocycles. The lowest BCUT2D eigenvalue weighted by molar-refractivity contribution is 0.512. The van der Waals surface area contributed by atoms with Gasteiger partial charge in [0.2, 0.25) is 0 Å². The molecular formula is C17H25NS. The van der Waals surface area contributed by atoms with Crippen LogP contribution in [0.3, 0.4) is 0 Å². The molecule has 1 aromatic rings. The zero-order valence-electron chi connectivity index (χ0n) is 12.2. The van der Waals surface area contributed by atoms with E-state index in [1.54, 1.807) is 15.3 Å². The summed E-state index contributed by atoms with van der Waals surface area (Å²) < 4.78 is 0. The first-order valence-corrected chi connectivity index (χ1v) is 8.41. The Kier molecular flexibility index (Phi) is 5.94. The van der Waals surface area contributed by atoms with Gasteiger partial charge in [-0.15, -0.1) is 23.2 Å². The molecule has 0 amide bonds. The van der Waals surface area contributed by atoms with Crippen molar-refractivity contribution in [2.24, 2.45) is 0 Å². The molecule has 0 fully saturated rings. The van der Waals surface area contributed by atoms with Gasteiger partial charge in [-0.1, -0.05) is 6.92 Å². The van der Waals surface area contributed by atoms with Gasteiger partial charge in [-0.25, -0.2) is 0 Å². The van der Waals surface area contributed by atoms with Gasteiger partial charge in [-0.2, -0.15) is 0 Å². The van der Waals surface area contributed by atoms with Crippen LogP contribution in [-0.4, -0.2) is 6.54 Å². The molecule has 0 aromatic carbocycles. The molecule has 0 radical (unpaired) electrons. The predicted octanol–water partition coefficient (Wildman–Crippen LogP) is 4.47. The van der Waals surface area contributed by atoms with E-state index in [9.17, 15) is 0 Å². The third-order valence-corrected chi connectivity index (χ3v) is 5.09. The Morgan fingerprint density at radius 1 is 1.37 bits per heavy atom. The minimum Gasteiger partial charge on any atom is -0.309 e. The van der Waals surface area contributed by atoms with E-state index in [-0.39, 0.29) is 0 Å². The van der Waals surface area contributed by atoms with Gasteiger partial charge in [0.15, 0.2) is 0 Å². The molecule has 1 heterocycles.